The molecule has 27 heavy (non-hydrogen) atoms. The molecule has 0 saturated heterocycles. The molecule has 144 valence electrons. The van der Waals surface area contributed by atoms with Crippen LogP contribution in [0.15, 0.2) is 34.7 Å². The van der Waals surface area contributed by atoms with E-state index in [0.717, 1.165) is 22.9 Å². The summed E-state index contributed by atoms with van der Waals surface area (Å²) in [4.78, 5) is 24.0. The molecule has 0 atom stereocenters. The van der Waals surface area contributed by atoms with E-state index in [-0.39, 0.29) is 18.4 Å². The highest BCUT2D eigenvalue weighted by Gasteiger charge is 2.17. The third-order valence-corrected chi connectivity index (χ3v) is 6.55. The number of carbonyl (C=O) groups excluding carboxylic acids is 2. The zero-order valence-corrected chi connectivity index (χ0v) is 16.8. The third kappa shape index (κ3) is 6.95. The number of rotatable bonds is 8. The van der Waals surface area contributed by atoms with Crippen LogP contribution < -0.4 is 10.6 Å². The molecule has 1 heterocycles. The fourth-order valence-electron chi connectivity index (χ4n) is 3.11. The largest absolute Gasteiger partial charge is 0.347 e. The van der Waals surface area contributed by atoms with Gasteiger partial charge in [-0.15, -0.1) is 10.2 Å². The smallest absolute Gasteiger partial charge is 0.245 e. The Labute approximate surface area is 167 Å². The van der Waals surface area contributed by atoms with E-state index in [1.165, 1.54) is 36.2 Å². The summed E-state index contributed by atoms with van der Waals surface area (Å²) in [5, 5.41) is 13.9. The average Bonchev–Trinajstić information content (AvgIpc) is 3.14. The van der Waals surface area contributed by atoms with E-state index >= 15 is 0 Å². The van der Waals surface area contributed by atoms with Crippen LogP contribution in [0.2, 0.25) is 0 Å². The van der Waals surface area contributed by atoms with Crippen LogP contribution in [-0.4, -0.2) is 28.6 Å². The summed E-state index contributed by atoms with van der Waals surface area (Å²) in [6.45, 7) is -0.0301. The van der Waals surface area contributed by atoms with E-state index < -0.39 is 0 Å². The van der Waals surface area contributed by atoms with Crippen molar-refractivity contribution in [1.82, 2.24) is 15.5 Å². The summed E-state index contributed by atoms with van der Waals surface area (Å²) < 4.78 is 0.801. The lowest BCUT2D eigenvalue weighted by atomic mass is 9.87. The molecule has 1 fully saturated rings. The van der Waals surface area contributed by atoms with Crippen LogP contribution in [0.4, 0.5) is 5.13 Å². The number of nitrogens with one attached hydrogen (secondary N) is 2. The number of carbonyl (C=O) groups is 2. The number of amides is 2. The minimum atomic E-state index is -0.275. The summed E-state index contributed by atoms with van der Waals surface area (Å²) in [7, 11) is 0. The molecule has 1 aliphatic rings. The van der Waals surface area contributed by atoms with Crippen LogP contribution in [-0.2, 0) is 15.3 Å². The number of benzene rings is 1. The van der Waals surface area contributed by atoms with Gasteiger partial charge in [0.15, 0.2) is 4.34 Å². The highest BCUT2D eigenvalue weighted by molar-refractivity contribution is 8.00. The zero-order valence-electron chi connectivity index (χ0n) is 15.1. The average molecular weight is 405 g/mol. The van der Waals surface area contributed by atoms with Crippen LogP contribution >= 0.6 is 23.1 Å². The van der Waals surface area contributed by atoms with Gasteiger partial charge in [0.1, 0.15) is 0 Å². The molecule has 8 heteroatoms. The van der Waals surface area contributed by atoms with Gasteiger partial charge in [-0.2, -0.15) is 0 Å². The van der Waals surface area contributed by atoms with Gasteiger partial charge in [-0.25, -0.2) is 0 Å². The van der Waals surface area contributed by atoms with Gasteiger partial charge >= 0.3 is 0 Å². The van der Waals surface area contributed by atoms with Gasteiger partial charge in [0.2, 0.25) is 16.9 Å². The highest BCUT2D eigenvalue weighted by atomic mass is 32.2. The third-order valence-electron chi connectivity index (χ3n) is 4.50. The Bertz CT molecular complexity index is 745. The Morgan fingerprint density at radius 2 is 1.85 bits per heavy atom. The van der Waals surface area contributed by atoms with Crippen molar-refractivity contribution in [3.8, 4) is 0 Å². The SMILES string of the molecule is O=C(CC1CCCCC1)NCC(=O)Nc1nnc(SCc2ccccc2)s1. The molecule has 0 spiro atoms. The molecule has 1 aliphatic carbocycles. The van der Waals surface area contributed by atoms with E-state index in [1.807, 2.05) is 18.2 Å². The Morgan fingerprint density at radius 3 is 2.63 bits per heavy atom. The predicted octanol–water partition coefficient (Wildman–Crippen LogP) is 3.86. The molecule has 0 aliphatic heterocycles. The molecule has 0 bridgehead atoms. The second-order valence-electron chi connectivity index (χ2n) is 6.68. The Balaban J connectivity index is 1.36. The first-order chi connectivity index (χ1) is 13.2. The molecular formula is C19H24N4O2S2. The van der Waals surface area contributed by atoms with Crippen molar-refractivity contribution in [3.05, 3.63) is 35.9 Å². The van der Waals surface area contributed by atoms with Crippen LogP contribution in [0.1, 0.15) is 44.1 Å². The first-order valence-electron chi connectivity index (χ1n) is 9.26. The first-order valence-corrected chi connectivity index (χ1v) is 11.1. The maximum atomic E-state index is 12.0. The monoisotopic (exact) mass is 404 g/mol. The number of aromatic nitrogens is 2. The summed E-state index contributed by atoms with van der Waals surface area (Å²) in [5.41, 5.74) is 1.21. The molecule has 0 radical (unpaired) electrons. The van der Waals surface area contributed by atoms with Gasteiger partial charge in [0.25, 0.3) is 0 Å². The van der Waals surface area contributed by atoms with Gasteiger partial charge in [-0.1, -0.05) is 72.7 Å². The van der Waals surface area contributed by atoms with Crippen molar-refractivity contribution >= 4 is 40.0 Å². The molecule has 1 saturated carbocycles. The molecule has 1 aromatic carbocycles. The summed E-state index contributed by atoms with van der Waals surface area (Å²) in [6.07, 6.45) is 6.45. The molecule has 3 rings (SSSR count). The minimum Gasteiger partial charge on any atom is -0.347 e. The van der Waals surface area contributed by atoms with Crippen molar-refractivity contribution < 1.29 is 9.59 Å². The molecule has 0 unspecified atom stereocenters. The molecular weight excluding hydrogens is 380 g/mol. The van der Waals surface area contributed by atoms with Crippen molar-refractivity contribution in [3.63, 3.8) is 0 Å². The second kappa shape index (κ2) is 10.4. The quantitative estimate of drug-likeness (QED) is 0.516. The van der Waals surface area contributed by atoms with E-state index in [4.69, 9.17) is 0 Å². The van der Waals surface area contributed by atoms with E-state index in [9.17, 15) is 9.59 Å². The maximum absolute atomic E-state index is 12.0. The number of hydrogen-bond acceptors (Lipinski definition) is 6. The van der Waals surface area contributed by atoms with Crippen molar-refractivity contribution in [2.24, 2.45) is 5.92 Å². The van der Waals surface area contributed by atoms with Gasteiger partial charge in [-0.3, -0.25) is 14.9 Å². The molecule has 2 N–H and O–H groups in total. The Kier molecular flexibility index (Phi) is 7.65. The lowest BCUT2D eigenvalue weighted by Gasteiger charge is -2.20. The van der Waals surface area contributed by atoms with Crippen LogP contribution in [0.25, 0.3) is 0 Å². The van der Waals surface area contributed by atoms with Crippen molar-refractivity contribution in [2.75, 3.05) is 11.9 Å². The molecule has 2 amide bonds. The highest BCUT2D eigenvalue weighted by Crippen LogP contribution is 2.28. The fourth-order valence-corrected chi connectivity index (χ4v) is 4.83. The molecule has 6 nitrogen and oxygen atoms in total. The normalized spacial score (nSPS) is 14.7. The Hall–Kier alpha value is -1.93. The maximum Gasteiger partial charge on any atom is 0.245 e. The van der Waals surface area contributed by atoms with Gasteiger partial charge in [-0.05, 0) is 24.3 Å². The number of anilines is 1. The van der Waals surface area contributed by atoms with Crippen LogP contribution in [0, 0.1) is 5.92 Å². The van der Waals surface area contributed by atoms with Gasteiger partial charge in [0.05, 0.1) is 6.54 Å². The lowest BCUT2D eigenvalue weighted by molar-refractivity contribution is -0.125. The fraction of sp³-hybridized carbons (Fsp3) is 0.474. The van der Waals surface area contributed by atoms with E-state index in [1.54, 1.807) is 11.8 Å². The van der Waals surface area contributed by atoms with E-state index in [2.05, 4.69) is 33.0 Å². The predicted molar refractivity (Wildman–Crippen MR) is 109 cm³/mol. The molecule has 1 aromatic heterocycles. The number of thioether (sulfide) groups is 1. The van der Waals surface area contributed by atoms with Gasteiger partial charge in [0, 0.05) is 12.2 Å². The molecule has 2 aromatic rings. The summed E-state index contributed by atoms with van der Waals surface area (Å²) >= 11 is 2.92. The Morgan fingerprint density at radius 1 is 1.07 bits per heavy atom. The number of nitrogens with zero attached hydrogens (tertiary/aromatic N) is 2. The number of hydrogen-bond donors (Lipinski definition) is 2. The van der Waals surface area contributed by atoms with Crippen molar-refractivity contribution in [2.45, 2.75) is 48.6 Å². The first kappa shape index (κ1) is 19.8. The van der Waals surface area contributed by atoms with Crippen LogP contribution in [0.5, 0.6) is 0 Å². The zero-order chi connectivity index (χ0) is 18.9. The second-order valence-corrected chi connectivity index (χ2v) is 8.88. The summed E-state index contributed by atoms with van der Waals surface area (Å²) in [6, 6.07) is 10.1. The topological polar surface area (TPSA) is 84.0 Å². The minimum absolute atomic E-state index is 0.0301. The lowest BCUT2D eigenvalue weighted by Crippen LogP contribution is -2.34. The van der Waals surface area contributed by atoms with Crippen molar-refractivity contribution in [1.29, 1.82) is 0 Å². The van der Waals surface area contributed by atoms with E-state index in [0.29, 0.717) is 17.5 Å². The standard InChI is InChI=1S/C19H24N4O2S2/c24-16(11-14-7-3-1-4-8-14)20-12-17(25)21-18-22-23-19(27-18)26-13-15-9-5-2-6-10-15/h2,5-6,9-10,14H,1,3-4,7-8,11-13H2,(H,20,24)(H,21,22,25). The van der Waals surface area contributed by atoms with Gasteiger partial charge < -0.3 is 5.32 Å². The van der Waals surface area contributed by atoms with Crippen LogP contribution in [0.3, 0.4) is 0 Å². The summed E-state index contributed by atoms with van der Waals surface area (Å²) in [5.74, 6) is 0.950.